The molecule has 0 saturated carbocycles. The molecule has 2 heterocycles. The van der Waals surface area contributed by atoms with Crippen molar-refractivity contribution >= 4 is 21.6 Å². The average Bonchev–Trinajstić information content (AvgIpc) is 3.19. The molecule has 0 spiro atoms. The maximum atomic E-state index is 14.3. The number of carbonyl (C=O) groups is 1. The predicted molar refractivity (Wildman–Crippen MR) is 122 cm³/mol. The highest BCUT2D eigenvalue weighted by molar-refractivity contribution is 7.89. The number of hydrogen-bond acceptors (Lipinski definition) is 5. The second kappa shape index (κ2) is 9.31. The highest BCUT2D eigenvalue weighted by Gasteiger charge is 2.41. The molecule has 0 aliphatic rings. The van der Waals surface area contributed by atoms with Crippen LogP contribution in [-0.2, 0) is 27.5 Å². The summed E-state index contributed by atoms with van der Waals surface area (Å²) in [6.45, 7) is -0.711. The number of primary sulfonamides is 1. The fourth-order valence-corrected chi connectivity index (χ4v) is 4.03. The highest BCUT2D eigenvalue weighted by atomic mass is 32.2. The van der Waals surface area contributed by atoms with E-state index in [9.17, 15) is 26.4 Å². The third-order valence-electron chi connectivity index (χ3n) is 5.00. The van der Waals surface area contributed by atoms with Crippen molar-refractivity contribution < 1.29 is 26.4 Å². The molecule has 12 heteroatoms. The molecule has 0 saturated heterocycles. The SMILES string of the molecule is NS(=O)(=O)c1ccc(-c2c(-c3ccncc3)nn(CC(=O)Nc3ccccc3)c2C(F)(F)F)cc1. The number of alkyl halides is 3. The average molecular weight is 501 g/mol. The molecule has 0 atom stereocenters. The quantitative estimate of drug-likeness (QED) is 0.415. The minimum Gasteiger partial charge on any atom is -0.324 e. The molecule has 4 rings (SSSR count). The number of carbonyl (C=O) groups excluding carboxylic acids is 1. The van der Waals surface area contributed by atoms with Gasteiger partial charge in [-0.05, 0) is 42.0 Å². The van der Waals surface area contributed by atoms with Crippen molar-refractivity contribution in [3.05, 3.63) is 84.8 Å². The normalized spacial score (nSPS) is 11.9. The molecule has 0 radical (unpaired) electrons. The maximum Gasteiger partial charge on any atom is 0.433 e. The fourth-order valence-electron chi connectivity index (χ4n) is 3.52. The zero-order valence-corrected chi connectivity index (χ0v) is 18.7. The number of pyridine rings is 1. The van der Waals surface area contributed by atoms with E-state index in [0.29, 0.717) is 15.9 Å². The largest absolute Gasteiger partial charge is 0.433 e. The lowest BCUT2D eigenvalue weighted by Gasteiger charge is -2.13. The van der Waals surface area contributed by atoms with Crippen LogP contribution in [0.4, 0.5) is 18.9 Å². The lowest BCUT2D eigenvalue weighted by atomic mass is 9.99. The predicted octanol–water partition coefficient (Wildman–Crippen LogP) is 3.92. The lowest BCUT2D eigenvalue weighted by Crippen LogP contribution is -2.24. The molecule has 0 unspecified atom stereocenters. The summed E-state index contributed by atoms with van der Waals surface area (Å²) in [5, 5.41) is 11.8. The molecule has 0 aliphatic heterocycles. The van der Waals surface area contributed by atoms with Crippen molar-refractivity contribution in [2.75, 3.05) is 5.32 Å². The van der Waals surface area contributed by atoms with E-state index >= 15 is 0 Å². The van der Waals surface area contributed by atoms with Crippen molar-refractivity contribution in [3.8, 4) is 22.4 Å². The van der Waals surface area contributed by atoms with Gasteiger partial charge in [-0.2, -0.15) is 18.3 Å². The van der Waals surface area contributed by atoms with Crippen molar-refractivity contribution in [2.45, 2.75) is 17.6 Å². The van der Waals surface area contributed by atoms with Crippen LogP contribution in [0, 0.1) is 0 Å². The summed E-state index contributed by atoms with van der Waals surface area (Å²) in [7, 11) is -4.05. The molecule has 4 aromatic rings. The summed E-state index contributed by atoms with van der Waals surface area (Å²) in [4.78, 5) is 16.2. The van der Waals surface area contributed by atoms with Crippen LogP contribution in [0.1, 0.15) is 5.69 Å². The highest BCUT2D eigenvalue weighted by Crippen LogP contribution is 2.42. The number of anilines is 1. The number of para-hydroxylation sites is 1. The van der Waals surface area contributed by atoms with Gasteiger partial charge >= 0.3 is 6.18 Å². The number of aromatic nitrogens is 3. The Morgan fingerprint density at radius 3 is 2.14 bits per heavy atom. The van der Waals surface area contributed by atoms with Crippen molar-refractivity contribution in [2.24, 2.45) is 5.14 Å². The van der Waals surface area contributed by atoms with Crippen LogP contribution >= 0.6 is 0 Å². The Balaban J connectivity index is 1.86. The minimum atomic E-state index is -4.89. The molecule has 2 aromatic heterocycles. The van der Waals surface area contributed by atoms with Crippen molar-refractivity contribution in [1.82, 2.24) is 14.8 Å². The molecular formula is C23H18F3N5O3S. The molecular weight excluding hydrogens is 483 g/mol. The van der Waals surface area contributed by atoms with Crippen LogP contribution in [0.5, 0.6) is 0 Å². The zero-order chi connectivity index (χ0) is 25.2. The minimum absolute atomic E-state index is 0.0457. The monoisotopic (exact) mass is 501 g/mol. The number of sulfonamides is 1. The summed E-state index contributed by atoms with van der Waals surface area (Å²) in [5.74, 6) is -0.707. The van der Waals surface area contributed by atoms with Gasteiger partial charge in [-0.3, -0.25) is 9.78 Å². The summed E-state index contributed by atoms with van der Waals surface area (Å²) in [6, 6.07) is 15.9. The molecule has 35 heavy (non-hydrogen) atoms. The second-order valence-electron chi connectivity index (χ2n) is 7.45. The fraction of sp³-hybridized carbons (Fsp3) is 0.0870. The van der Waals surface area contributed by atoms with E-state index in [2.05, 4.69) is 15.4 Å². The van der Waals surface area contributed by atoms with Gasteiger partial charge in [0.15, 0.2) is 5.69 Å². The smallest absolute Gasteiger partial charge is 0.324 e. The Morgan fingerprint density at radius 2 is 1.57 bits per heavy atom. The number of halogens is 3. The third-order valence-corrected chi connectivity index (χ3v) is 5.93. The van der Waals surface area contributed by atoms with Crippen molar-refractivity contribution in [1.29, 1.82) is 0 Å². The summed E-state index contributed by atoms with van der Waals surface area (Å²) >= 11 is 0. The number of rotatable bonds is 6. The number of nitrogens with zero attached hydrogens (tertiary/aromatic N) is 3. The maximum absolute atomic E-state index is 14.3. The number of amides is 1. The van der Waals surface area contributed by atoms with Gasteiger partial charge in [-0.25, -0.2) is 18.2 Å². The van der Waals surface area contributed by atoms with E-state index in [0.717, 1.165) is 12.1 Å². The van der Waals surface area contributed by atoms with Crippen molar-refractivity contribution in [3.63, 3.8) is 0 Å². The molecule has 180 valence electrons. The Bertz CT molecular complexity index is 1450. The topological polar surface area (TPSA) is 120 Å². The molecule has 3 N–H and O–H groups in total. The number of nitrogens with one attached hydrogen (secondary N) is 1. The number of nitrogens with two attached hydrogens (primary N) is 1. The summed E-state index contributed by atoms with van der Waals surface area (Å²) < 4.78 is 66.8. The Morgan fingerprint density at radius 1 is 0.943 bits per heavy atom. The van der Waals surface area contributed by atoms with Gasteiger partial charge in [-0.1, -0.05) is 30.3 Å². The van der Waals surface area contributed by atoms with Gasteiger partial charge < -0.3 is 5.32 Å². The lowest BCUT2D eigenvalue weighted by molar-refractivity contribution is -0.144. The van der Waals surface area contributed by atoms with Crippen LogP contribution in [0.3, 0.4) is 0 Å². The number of hydrogen-bond donors (Lipinski definition) is 2. The van der Waals surface area contributed by atoms with E-state index < -0.39 is 34.3 Å². The first-order valence-electron chi connectivity index (χ1n) is 10.1. The van der Waals surface area contributed by atoms with Gasteiger partial charge in [-0.15, -0.1) is 0 Å². The Hall–Kier alpha value is -4.03. The van der Waals surface area contributed by atoms with E-state index in [1.807, 2.05) is 0 Å². The van der Waals surface area contributed by atoms with E-state index in [1.165, 1.54) is 36.7 Å². The summed E-state index contributed by atoms with van der Waals surface area (Å²) in [6.07, 6.45) is -2.09. The second-order valence-corrected chi connectivity index (χ2v) is 9.01. The van der Waals surface area contributed by atoms with Crippen LogP contribution in [0.15, 0.2) is 84.0 Å². The van der Waals surface area contributed by atoms with Gasteiger partial charge in [0.05, 0.1) is 4.90 Å². The molecule has 0 bridgehead atoms. The number of benzene rings is 2. The van der Waals surface area contributed by atoms with E-state index in [-0.39, 0.29) is 21.7 Å². The molecule has 0 fully saturated rings. The van der Waals surface area contributed by atoms with Crippen LogP contribution < -0.4 is 10.5 Å². The molecule has 1 amide bonds. The molecule has 8 nitrogen and oxygen atoms in total. The molecule has 0 aliphatic carbocycles. The van der Waals surface area contributed by atoms with Gasteiger partial charge in [0.1, 0.15) is 12.2 Å². The van der Waals surface area contributed by atoms with Crippen LogP contribution in [-0.4, -0.2) is 29.1 Å². The van der Waals surface area contributed by atoms with Gasteiger partial charge in [0, 0.05) is 29.2 Å². The molecule has 2 aromatic carbocycles. The van der Waals surface area contributed by atoms with E-state index in [4.69, 9.17) is 5.14 Å². The van der Waals surface area contributed by atoms with Crippen LogP contribution in [0.2, 0.25) is 0 Å². The third kappa shape index (κ3) is 5.39. The standard InChI is InChI=1S/C23H18F3N5O3S/c24-23(25,26)22-20(15-6-8-18(9-7-15)35(27,33)34)21(16-10-12-28-13-11-16)30-31(22)14-19(32)29-17-4-2-1-3-5-17/h1-13H,14H2,(H,29,32)(H2,27,33,34). The Labute approximate surface area is 198 Å². The Kier molecular flexibility index (Phi) is 6.41. The zero-order valence-electron chi connectivity index (χ0n) is 17.9. The summed E-state index contributed by atoms with van der Waals surface area (Å²) in [5.41, 5.74) is -0.709. The van der Waals surface area contributed by atoms with Gasteiger partial charge in [0.25, 0.3) is 0 Å². The van der Waals surface area contributed by atoms with Crippen LogP contribution in [0.25, 0.3) is 22.4 Å². The first-order chi connectivity index (χ1) is 16.5. The first-order valence-corrected chi connectivity index (χ1v) is 11.7. The first kappa shape index (κ1) is 24.1. The van der Waals surface area contributed by atoms with Gasteiger partial charge in [0.2, 0.25) is 15.9 Å². The van der Waals surface area contributed by atoms with E-state index in [1.54, 1.807) is 30.3 Å².